The molecule has 0 aromatic heterocycles. The molecule has 0 amide bonds. The van der Waals surface area contributed by atoms with E-state index in [4.69, 9.17) is 15.9 Å². The fourth-order valence-electron chi connectivity index (χ4n) is 2.88. The van der Waals surface area contributed by atoms with Crippen LogP contribution in [0, 0.1) is 6.92 Å². The molecule has 0 aliphatic rings. The second-order valence-corrected chi connectivity index (χ2v) is 7.93. The number of nitrogens with zero attached hydrogens (tertiary/aromatic N) is 1. The molecule has 0 saturated carbocycles. The van der Waals surface area contributed by atoms with E-state index in [1.165, 1.54) is 26.0 Å². The predicted octanol–water partition coefficient (Wildman–Crippen LogP) is 3.14. The van der Waals surface area contributed by atoms with Crippen LogP contribution in [-0.2, 0) is 17.4 Å². The highest BCUT2D eigenvalue weighted by Crippen LogP contribution is 2.29. The molecule has 0 unspecified atom stereocenters. The van der Waals surface area contributed by atoms with Crippen molar-refractivity contribution in [2.24, 2.45) is 10.7 Å². The first-order valence-electron chi connectivity index (χ1n) is 9.94. The summed E-state index contributed by atoms with van der Waals surface area (Å²) in [5, 5.41) is 15.1. The van der Waals surface area contributed by atoms with Gasteiger partial charge in [-0.3, -0.25) is 5.41 Å². The van der Waals surface area contributed by atoms with E-state index < -0.39 is 23.3 Å². The van der Waals surface area contributed by atoms with Crippen molar-refractivity contribution in [1.82, 2.24) is 0 Å². The molecule has 6 nitrogen and oxygen atoms in total. The number of amidine groups is 2. The van der Waals surface area contributed by atoms with Crippen LogP contribution in [-0.4, -0.2) is 28.3 Å². The summed E-state index contributed by atoms with van der Waals surface area (Å²) in [5.41, 5.74) is 6.03. The zero-order valence-corrected chi connectivity index (χ0v) is 18.2. The van der Waals surface area contributed by atoms with E-state index in [1.54, 1.807) is 6.07 Å². The normalized spacial score (nSPS) is 12.5. The number of carboxylic acids is 1. The van der Waals surface area contributed by atoms with Gasteiger partial charge in [0.2, 0.25) is 5.84 Å². The molecule has 0 saturated heterocycles. The van der Waals surface area contributed by atoms with Gasteiger partial charge in [0.15, 0.2) is 5.60 Å². The Hall–Kier alpha value is -3.36. The minimum Gasteiger partial charge on any atom is -0.478 e. The first-order valence-corrected chi connectivity index (χ1v) is 9.94. The van der Waals surface area contributed by atoms with Crippen LogP contribution >= 0.6 is 0 Å². The SMILES string of the molecule is Cc1cc(CCCC(N)=NC(=[NH2+])c2ccc(C(F)(F)F)cc2)ccc1OC(C)(C)C(=O)O. The van der Waals surface area contributed by atoms with E-state index in [0.717, 1.165) is 23.3 Å². The number of halogens is 3. The van der Waals surface area contributed by atoms with Gasteiger partial charge in [0.05, 0.1) is 11.1 Å². The second kappa shape index (κ2) is 9.84. The lowest BCUT2D eigenvalue weighted by molar-refractivity contribution is -0.152. The maximum Gasteiger partial charge on any atom is 0.416 e. The third-order valence-corrected chi connectivity index (χ3v) is 4.79. The first kappa shape index (κ1) is 24.9. The molecule has 32 heavy (non-hydrogen) atoms. The number of hydrogen-bond acceptors (Lipinski definition) is 2. The molecule has 0 bridgehead atoms. The number of rotatable bonds is 8. The zero-order chi connectivity index (χ0) is 24.1. The summed E-state index contributed by atoms with van der Waals surface area (Å²) in [4.78, 5) is 15.3. The monoisotopic (exact) mass is 450 g/mol. The Morgan fingerprint density at radius 3 is 2.31 bits per heavy atom. The highest BCUT2D eigenvalue weighted by atomic mass is 19.4. The van der Waals surface area contributed by atoms with E-state index >= 15 is 0 Å². The highest BCUT2D eigenvalue weighted by Gasteiger charge is 2.31. The molecule has 0 atom stereocenters. The van der Waals surface area contributed by atoms with Gasteiger partial charge in [-0.1, -0.05) is 12.1 Å². The van der Waals surface area contributed by atoms with E-state index in [9.17, 15) is 23.1 Å². The number of aliphatic imine (C=N–C) groups is 1. The molecular weight excluding hydrogens is 423 g/mol. The Bertz CT molecular complexity index is 1010. The van der Waals surface area contributed by atoms with Crippen molar-refractivity contribution >= 4 is 17.6 Å². The van der Waals surface area contributed by atoms with Gasteiger partial charge in [0, 0.05) is 6.42 Å². The maximum absolute atomic E-state index is 12.6. The van der Waals surface area contributed by atoms with Gasteiger partial charge in [0.1, 0.15) is 5.75 Å². The molecule has 2 aromatic rings. The lowest BCUT2D eigenvalue weighted by Crippen LogP contribution is -2.40. The zero-order valence-electron chi connectivity index (χ0n) is 18.2. The maximum atomic E-state index is 12.6. The van der Waals surface area contributed by atoms with Crippen LogP contribution in [0.25, 0.3) is 0 Å². The Labute approximate surface area is 184 Å². The van der Waals surface area contributed by atoms with Crippen molar-refractivity contribution < 1.29 is 33.2 Å². The standard InChI is InChI=1S/C23H26F3N3O3/c1-14-13-15(7-12-18(14)32-22(2,3)21(30)31)5-4-6-19(27)29-20(28)16-8-10-17(11-9-16)23(24,25)26/h7-13H,4-6H2,1-3H3,(H,30,31)(H3,27,28,29)/p+1. The fourth-order valence-corrected chi connectivity index (χ4v) is 2.88. The number of hydrogen-bond donors (Lipinski definition) is 3. The Kier molecular flexibility index (Phi) is 7.66. The minimum absolute atomic E-state index is 0.0506. The molecule has 2 aromatic carbocycles. The van der Waals surface area contributed by atoms with E-state index in [0.29, 0.717) is 30.6 Å². The molecule has 5 N–H and O–H groups in total. The second-order valence-electron chi connectivity index (χ2n) is 7.93. The Morgan fingerprint density at radius 1 is 1.16 bits per heavy atom. The van der Waals surface area contributed by atoms with Crippen molar-refractivity contribution in [2.75, 3.05) is 0 Å². The van der Waals surface area contributed by atoms with Gasteiger partial charge >= 0.3 is 18.0 Å². The van der Waals surface area contributed by atoms with Crippen LogP contribution in [0.2, 0.25) is 0 Å². The predicted molar refractivity (Wildman–Crippen MR) is 116 cm³/mol. The lowest BCUT2D eigenvalue weighted by atomic mass is 10.0. The van der Waals surface area contributed by atoms with E-state index in [2.05, 4.69) is 4.99 Å². The number of ether oxygens (including phenoxy) is 1. The summed E-state index contributed by atoms with van der Waals surface area (Å²) >= 11 is 0. The van der Waals surface area contributed by atoms with Gasteiger partial charge in [-0.25, -0.2) is 4.79 Å². The van der Waals surface area contributed by atoms with Crippen molar-refractivity contribution in [3.8, 4) is 5.75 Å². The molecule has 172 valence electrons. The number of carbonyl (C=O) groups is 1. The number of aryl methyl sites for hydroxylation is 2. The van der Waals surface area contributed by atoms with Crippen LogP contribution < -0.4 is 15.9 Å². The van der Waals surface area contributed by atoms with Crippen LogP contribution in [0.4, 0.5) is 13.2 Å². The smallest absolute Gasteiger partial charge is 0.416 e. The van der Waals surface area contributed by atoms with Crippen LogP contribution in [0.3, 0.4) is 0 Å². The summed E-state index contributed by atoms with van der Waals surface area (Å²) < 4.78 is 43.5. The number of benzene rings is 2. The summed E-state index contributed by atoms with van der Waals surface area (Å²) in [5.74, 6) is -0.221. The molecular formula is C23H27F3N3O3+. The largest absolute Gasteiger partial charge is 0.478 e. The van der Waals surface area contributed by atoms with Crippen LogP contribution in [0.15, 0.2) is 47.5 Å². The molecule has 0 aliphatic carbocycles. The van der Waals surface area contributed by atoms with E-state index in [1.807, 2.05) is 19.1 Å². The average molecular weight is 450 g/mol. The third-order valence-electron chi connectivity index (χ3n) is 4.79. The average Bonchev–Trinajstić information content (AvgIpc) is 2.69. The summed E-state index contributed by atoms with van der Waals surface area (Å²) in [7, 11) is 0. The molecule has 0 heterocycles. The van der Waals surface area contributed by atoms with Crippen LogP contribution in [0.5, 0.6) is 5.75 Å². The number of alkyl halides is 3. The van der Waals surface area contributed by atoms with Crippen LogP contribution in [0.1, 0.15) is 48.9 Å². The Balaban J connectivity index is 1.92. The van der Waals surface area contributed by atoms with Gasteiger partial charge in [0.25, 0.3) is 0 Å². The number of nitrogens with two attached hydrogens (primary N) is 2. The lowest BCUT2D eigenvalue weighted by Gasteiger charge is -2.23. The van der Waals surface area contributed by atoms with Crippen molar-refractivity contribution in [1.29, 1.82) is 0 Å². The number of aliphatic carboxylic acids is 1. The molecule has 0 aliphatic heterocycles. The van der Waals surface area contributed by atoms with Gasteiger partial charge in [-0.2, -0.15) is 13.2 Å². The first-order chi connectivity index (χ1) is 14.8. The molecule has 2 rings (SSSR count). The Morgan fingerprint density at radius 2 is 1.78 bits per heavy atom. The minimum atomic E-state index is -4.41. The summed E-state index contributed by atoms with van der Waals surface area (Å²) in [6, 6.07) is 9.92. The quantitative estimate of drug-likeness (QED) is 0.424. The van der Waals surface area contributed by atoms with Crippen molar-refractivity contribution in [3.63, 3.8) is 0 Å². The van der Waals surface area contributed by atoms with Gasteiger partial charge < -0.3 is 15.6 Å². The molecule has 0 radical (unpaired) electrons. The van der Waals surface area contributed by atoms with Crippen molar-refractivity contribution in [2.45, 2.75) is 51.8 Å². The summed E-state index contributed by atoms with van der Waals surface area (Å²) in [6.07, 6.45) is -2.59. The fraction of sp³-hybridized carbons (Fsp3) is 0.348. The highest BCUT2D eigenvalue weighted by molar-refractivity contribution is 6.02. The van der Waals surface area contributed by atoms with Gasteiger partial charge in [-0.15, -0.1) is 0 Å². The molecule has 0 fully saturated rings. The van der Waals surface area contributed by atoms with Gasteiger partial charge in [-0.05, 0) is 80.1 Å². The summed E-state index contributed by atoms with van der Waals surface area (Å²) in [6.45, 7) is 4.81. The van der Waals surface area contributed by atoms with Crippen molar-refractivity contribution in [3.05, 3.63) is 64.7 Å². The molecule has 9 heteroatoms. The molecule has 0 spiro atoms. The third kappa shape index (κ3) is 6.83. The number of carboxylic acid groups (broad SMARTS) is 1. The van der Waals surface area contributed by atoms with E-state index in [-0.39, 0.29) is 11.7 Å². The topological polar surface area (TPSA) is 111 Å².